The summed E-state index contributed by atoms with van der Waals surface area (Å²) in [6, 6.07) is 11.2. The van der Waals surface area contributed by atoms with Gasteiger partial charge in [0.25, 0.3) is 5.91 Å². The summed E-state index contributed by atoms with van der Waals surface area (Å²) in [5.74, 6) is -0.162. The van der Waals surface area contributed by atoms with Crippen LogP contribution < -0.4 is 20.1 Å². The fraction of sp³-hybridized carbons (Fsp3) is 0.333. The highest BCUT2D eigenvalue weighted by molar-refractivity contribution is 5.97. The Balaban J connectivity index is 1.90. The number of rotatable bonds is 8. The maximum absolute atomic E-state index is 14.0. The molecule has 0 aliphatic heterocycles. The van der Waals surface area contributed by atoms with Gasteiger partial charge in [-0.05, 0) is 29.8 Å². The highest BCUT2D eigenvalue weighted by Crippen LogP contribution is 2.27. The lowest BCUT2D eigenvalue weighted by atomic mass is 9.84. The zero-order valence-corrected chi connectivity index (χ0v) is 16.5. The van der Waals surface area contributed by atoms with Crippen molar-refractivity contribution < 1.29 is 23.5 Å². The van der Waals surface area contributed by atoms with Gasteiger partial charge in [-0.3, -0.25) is 9.59 Å². The molecule has 0 aromatic heterocycles. The molecule has 0 spiro atoms. The Morgan fingerprint density at radius 3 is 2.32 bits per heavy atom. The first-order valence-electron chi connectivity index (χ1n) is 8.80. The van der Waals surface area contributed by atoms with Gasteiger partial charge in [-0.25, -0.2) is 4.39 Å². The van der Waals surface area contributed by atoms with Crippen LogP contribution >= 0.6 is 0 Å². The molecule has 28 heavy (non-hydrogen) atoms. The lowest BCUT2D eigenvalue weighted by molar-refractivity contribution is -0.120. The molecule has 0 saturated heterocycles. The zero-order valence-electron chi connectivity index (χ0n) is 16.5. The summed E-state index contributed by atoms with van der Waals surface area (Å²) in [5, 5.41) is 5.28. The van der Waals surface area contributed by atoms with Gasteiger partial charge < -0.3 is 20.1 Å². The number of nitrogens with one attached hydrogen (secondary N) is 2. The second-order valence-corrected chi connectivity index (χ2v) is 6.89. The first-order valence-corrected chi connectivity index (χ1v) is 8.80. The van der Waals surface area contributed by atoms with Crippen molar-refractivity contribution in [3.63, 3.8) is 0 Å². The number of methoxy groups -OCH3 is 2. The van der Waals surface area contributed by atoms with E-state index >= 15 is 0 Å². The van der Waals surface area contributed by atoms with E-state index in [2.05, 4.69) is 10.6 Å². The van der Waals surface area contributed by atoms with Crippen LogP contribution in [-0.4, -0.2) is 39.1 Å². The van der Waals surface area contributed by atoms with Crippen molar-refractivity contribution in [3.05, 3.63) is 59.4 Å². The number of carbonyl (C=O) groups is 2. The molecule has 2 amide bonds. The van der Waals surface area contributed by atoms with E-state index in [-0.39, 0.29) is 24.8 Å². The van der Waals surface area contributed by atoms with Crippen LogP contribution in [0.4, 0.5) is 4.39 Å². The van der Waals surface area contributed by atoms with Crippen molar-refractivity contribution in [2.75, 3.05) is 27.3 Å². The molecule has 0 radical (unpaired) electrons. The van der Waals surface area contributed by atoms with Crippen molar-refractivity contribution in [2.24, 2.45) is 0 Å². The third-order valence-corrected chi connectivity index (χ3v) is 4.39. The molecule has 0 aliphatic carbocycles. The molecule has 0 bridgehead atoms. The van der Waals surface area contributed by atoms with Gasteiger partial charge in [0, 0.05) is 17.5 Å². The number of amides is 2. The minimum absolute atomic E-state index is 0.194. The fourth-order valence-corrected chi connectivity index (χ4v) is 2.73. The lowest BCUT2D eigenvalue weighted by Gasteiger charge is -2.26. The van der Waals surface area contributed by atoms with E-state index in [0.717, 1.165) is 0 Å². The highest BCUT2D eigenvalue weighted by atomic mass is 19.1. The topological polar surface area (TPSA) is 76.7 Å². The Kier molecular flexibility index (Phi) is 6.98. The molecule has 2 N–H and O–H groups in total. The normalized spacial score (nSPS) is 10.9. The third kappa shape index (κ3) is 5.22. The van der Waals surface area contributed by atoms with Crippen LogP contribution in [-0.2, 0) is 10.2 Å². The Hall–Kier alpha value is -3.09. The van der Waals surface area contributed by atoms with E-state index in [9.17, 15) is 14.0 Å². The number of halogens is 1. The molecular formula is C21H25FN2O4. The molecule has 2 aromatic rings. The minimum Gasteiger partial charge on any atom is -0.493 e. The summed E-state index contributed by atoms with van der Waals surface area (Å²) >= 11 is 0. The van der Waals surface area contributed by atoms with Crippen LogP contribution in [0, 0.1) is 5.82 Å². The second-order valence-electron chi connectivity index (χ2n) is 6.89. The van der Waals surface area contributed by atoms with Gasteiger partial charge in [-0.15, -0.1) is 0 Å². The number of benzene rings is 2. The first-order chi connectivity index (χ1) is 13.3. The van der Waals surface area contributed by atoms with Crippen LogP contribution in [0.3, 0.4) is 0 Å². The number of ether oxygens (including phenoxy) is 2. The van der Waals surface area contributed by atoms with Gasteiger partial charge in [0.2, 0.25) is 5.91 Å². The van der Waals surface area contributed by atoms with Gasteiger partial charge in [0.15, 0.2) is 11.5 Å². The molecule has 0 aliphatic rings. The van der Waals surface area contributed by atoms with Crippen molar-refractivity contribution in [3.8, 4) is 11.5 Å². The number of hydrogen-bond donors (Lipinski definition) is 2. The van der Waals surface area contributed by atoms with Crippen LogP contribution in [0.25, 0.3) is 0 Å². The van der Waals surface area contributed by atoms with E-state index in [1.165, 1.54) is 26.4 Å². The fourth-order valence-electron chi connectivity index (χ4n) is 2.73. The number of carbonyl (C=O) groups excluding carboxylic acids is 2. The van der Waals surface area contributed by atoms with Crippen LogP contribution in [0.2, 0.25) is 0 Å². The van der Waals surface area contributed by atoms with Crippen molar-refractivity contribution in [2.45, 2.75) is 19.3 Å². The minimum atomic E-state index is -0.589. The summed E-state index contributed by atoms with van der Waals surface area (Å²) in [5.41, 5.74) is 0.274. The number of hydrogen-bond acceptors (Lipinski definition) is 4. The summed E-state index contributed by atoms with van der Waals surface area (Å²) in [6.45, 7) is 3.72. The van der Waals surface area contributed by atoms with Gasteiger partial charge in [0.1, 0.15) is 5.82 Å². The Morgan fingerprint density at radius 2 is 1.68 bits per heavy atom. The summed E-state index contributed by atoms with van der Waals surface area (Å²) < 4.78 is 24.3. The molecule has 6 nitrogen and oxygen atoms in total. The van der Waals surface area contributed by atoms with E-state index < -0.39 is 11.3 Å². The Bertz CT molecular complexity index is 852. The quantitative estimate of drug-likeness (QED) is 0.729. The van der Waals surface area contributed by atoms with Gasteiger partial charge in [-0.1, -0.05) is 32.0 Å². The zero-order chi connectivity index (χ0) is 20.7. The van der Waals surface area contributed by atoms with E-state index in [1.54, 1.807) is 30.3 Å². The highest BCUT2D eigenvalue weighted by Gasteiger charge is 2.24. The molecule has 0 saturated carbocycles. The Labute approximate surface area is 164 Å². The van der Waals surface area contributed by atoms with Crippen molar-refractivity contribution in [1.82, 2.24) is 10.6 Å². The van der Waals surface area contributed by atoms with Crippen molar-refractivity contribution in [1.29, 1.82) is 0 Å². The van der Waals surface area contributed by atoms with Crippen LogP contribution in [0.5, 0.6) is 11.5 Å². The standard InChI is InChI=1S/C21H25FN2O4/c1-21(2,15-7-5-6-8-16(15)22)13-24-19(25)12-23-20(26)14-9-10-17(27-3)18(11-14)28-4/h5-11H,12-13H2,1-4H3,(H,23,26)(H,24,25). The maximum atomic E-state index is 14.0. The van der Waals surface area contributed by atoms with E-state index in [4.69, 9.17) is 9.47 Å². The van der Waals surface area contributed by atoms with Gasteiger partial charge >= 0.3 is 0 Å². The monoisotopic (exact) mass is 388 g/mol. The average Bonchev–Trinajstić information content (AvgIpc) is 2.70. The average molecular weight is 388 g/mol. The smallest absolute Gasteiger partial charge is 0.251 e. The molecule has 0 fully saturated rings. The predicted octanol–water partition coefficient (Wildman–Crippen LogP) is 2.67. The SMILES string of the molecule is COc1ccc(C(=O)NCC(=O)NCC(C)(C)c2ccccc2F)cc1OC. The van der Waals surface area contributed by atoms with Crippen LogP contribution in [0.15, 0.2) is 42.5 Å². The van der Waals surface area contributed by atoms with E-state index in [0.29, 0.717) is 22.6 Å². The molecule has 0 atom stereocenters. The summed E-state index contributed by atoms with van der Waals surface area (Å²) in [7, 11) is 2.98. The second kappa shape index (κ2) is 9.21. The van der Waals surface area contributed by atoms with Gasteiger partial charge in [-0.2, -0.15) is 0 Å². The third-order valence-electron chi connectivity index (χ3n) is 4.39. The van der Waals surface area contributed by atoms with Crippen molar-refractivity contribution >= 4 is 11.8 Å². The molecule has 2 aromatic carbocycles. The first kappa shape index (κ1) is 21.2. The predicted molar refractivity (Wildman–Crippen MR) is 104 cm³/mol. The largest absolute Gasteiger partial charge is 0.493 e. The maximum Gasteiger partial charge on any atom is 0.251 e. The lowest BCUT2D eigenvalue weighted by Crippen LogP contribution is -2.42. The molecule has 2 rings (SSSR count). The van der Waals surface area contributed by atoms with Crippen LogP contribution in [0.1, 0.15) is 29.8 Å². The molecule has 0 unspecified atom stereocenters. The summed E-state index contributed by atoms with van der Waals surface area (Å²) in [4.78, 5) is 24.3. The van der Waals surface area contributed by atoms with Gasteiger partial charge in [0.05, 0.1) is 20.8 Å². The van der Waals surface area contributed by atoms with E-state index in [1.807, 2.05) is 13.8 Å². The molecule has 0 heterocycles. The summed E-state index contributed by atoms with van der Waals surface area (Å²) in [6.07, 6.45) is 0. The Morgan fingerprint density at radius 1 is 1.00 bits per heavy atom. The molecule has 7 heteroatoms. The molecule has 150 valence electrons. The molecular weight excluding hydrogens is 363 g/mol.